The predicted octanol–water partition coefficient (Wildman–Crippen LogP) is -0.622. The molecule has 0 saturated heterocycles. The van der Waals surface area contributed by atoms with Crippen LogP contribution in [0.25, 0.3) is 0 Å². The van der Waals surface area contributed by atoms with Crippen LogP contribution in [0.1, 0.15) is 32.1 Å². The lowest BCUT2D eigenvalue weighted by atomic mass is 10.1. The van der Waals surface area contributed by atoms with Crippen LogP contribution in [-0.4, -0.2) is 94.9 Å². The highest BCUT2D eigenvalue weighted by Gasteiger charge is 2.30. The molecule has 34 heavy (non-hydrogen) atoms. The van der Waals surface area contributed by atoms with E-state index in [1.54, 1.807) is 11.8 Å². The second kappa shape index (κ2) is 18.7. The molecule has 0 rings (SSSR count). The first kappa shape index (κ1) is 32.4. The minimum Gasteiger partial charge on any atom is -0.480 e. The summed E-state index contributed by atoms with van der Waals surface area (Å²) in [6, 6.07) is -3.99. The Hall–Kier alpha value is -1.64. The molecule has 8 N–H and O–H groups in total. The average Bonchev–Trinajstić information content (AvgIpc) is 2.79. The van der Waals surface area contributed by atoms with E-state index >= 15 is 0 Å². The molecule has 0 fully saturated rings. The zero-order chi connectivity index (χ0) is 26.1. The van der Waals surface area contributed by atoms with Crippen molar-refractivity contribution in [2.45, 2.75) is 56.3 Å². The van der Waals surface area contributed by atoms with Crippen molar-refractivity contribution in [3.8, 4) is 0 Å². The van der Waals surface area contributed by atoms with Gasteiger partial charge in [-0.2, -0.15) is 35.3 Å². The molecule has 4 amide bonds. The van der Waals surface area contributed by atoms with Gasteiger partial charge in [-0.05, 0) is 61.7 Å². The third-order valence-corrected chi connectivity index (χ3v) is 6.68. The van der Waals surface area contributed by atoms with Gasteiger partial charge in [0.1, 0.15) is 18.1 Å². The van der Waals surface area contributed by atoms with Crippen molar-refractivity contribution in [1.29, 1.82) is 0 Å². The molecule has 0 saturated carbocycles. The number of nitrogens with two attached hydrogens (primary N) is 2. The van der Waals surface area contributed by atoms with Gasteiger partial charge >= 0.3 is 5.97 Å². The third kappa shape index (κ3) is 13.9. The second-order valence-electron chi connectivity index (χ2n) is 7.48. The number of primary amides is 1. The molecular formula is C20H37N5O6S3. The van der Waals surface area contributed by atoms with E-state index in [4.69, 9.17) is 11.5 Å². The minimum absolute atomic E-state index is 0.167. The number of amides is 4. The maximum Gasteiger partial charge on any atom is 0.326 e. The lowest BCUT2D eigenvalue weighted by Crippen LogP contribution is -2.57. The number of nitrogens with one attached hydrogen (secondary N) is 3. The van der Waals surface area contributed by atoms with Gasteiger partial charge in [0.2, 0.25) is 23.6 Å². The molecule has 11 nitrogen and oxygen atoms in total. The van der Waals surface area contributed by atoms with E-state index in [2.05, 4.69) is 16.0 Å². The summed E-state index contributed by atoms with van der Waals surface area (Å²) in [6.45, 7) is 0. The lowest BCUT2D eigenvalue weighted by Gasteiger charge is -2.25. The van der Waals surface area contributed by atoms with Crippen molar-refractivity contribution in [1.82, 2.24) is 16.0 Å². The van der Waals surface area contributed by atoms with Crippen molar-refractivity contribution < 1.29 is 29.1 Å². The van der Waals surface area contributed by atoms with Gasteiger partial charge in [0.05, 0.1) is 6.04 Å². The molecule has 0 radical (unpaired) electrons. The molecule has 4 atom stereocenters. The van der Waals surface area contributed by atoms with Crippen molar-refractivity contribution in [3.05, 3.63) is 0 Å². The number of aliphatic carboxylic acids is 1. The molecule has 0 heterocycles. The molecular weight excluding hydrogens is 502 g/mol. The maximum absolute atomic E-state index is 13.0. The first-order valence-corrected chi connectivity index (χ1v) is 14.9. The fourth-order valence-electron chi connectivity index (χ4n) is 2.75. The summed E-state index contributed by atoms with van der Waals surface area (Å²) in [5, 5.41) is 17.0. The molecule has 196 valence electrons. The molecule has 0 aliphatic carbocycles. The highest BCUT2D eigenvalue weighted by molar-refractivity contribution is 7.98. The summed E-state index contributed by atoms with van der Waals surface area (Å²) < 4.78 is 0. The van der Waals surface area contributed by atoms with E-state index in [1.165, 1.54) is 23.5 Å². The predicted molar refractivity (Wildman–Crippen MR) is 139 cm³/mol. The smallest absolute Gasteiger partial charge is 0.326 e. The molecule has 0 spiro atoms. The van der Waals surface area contributed by atoms with Crippen LogP contribution in [0, 0.1) is 0 Å². The molecule has 0 aromatic carbocycles. The number of rotatable bonds is 19. The molecule has 14 heteroatoms. The van der Waals surface area contributed by atoms with Gasteiger partial charge in [0.25, 0.3) is 0 Å². The maximum atomic E-state index is 13.0. The topological polar surface area (TPSA) is 194 Å². The quantitative estimate of drug-likeness (QED) is 0.123. The summed E-state index contributed by atoms with van der Waals surface area (Å²) in [7, 11) is 0. The minimum atomic E-state index is -1.32. The van der Waals surface area contributed by atoms with Crippen LogP contribution in [0.3, 0.4) is 0 Å². The van der Waals surface area contributed by atoms with Gasteiger partial charge in [-0.3, -0.25) is 19.2 Å². The van der Waals surface area contributed by atoms with Crippen LogP contribution in [-0.2, 0) is 24.0 Å². The number of hydrogen-bond acceptors (Lipinski definition) is 9. The largest absolute Gasteiger partial charge is 0.480 e. The van der Waals surface area contributed by atoms with E-state index in [0.29, 0.717) is 30.1 Å². The van der Waals surface area contributed by atoms with Crippen LogP contribution < -0.4 is 27.4 Å². The van der Waals surface area contributed by atoms with E-state index in [0.717, 1.165) is 0 Å². The van der Waals surface area contributed by atoms with Crippen LogP contribution in [0.5, 0.6) is 0 Å². The van der Waals surface area contributed by atoms with Crippen molar-refractivity contribution >= 4 is 64.9 Å². The highest BCUT2D eigenvalue weighted by Crippen LogP contribution is 2.07. The molecule has 0 bridgehead atoms. The number of thioether (sulfide) groups is 3. The van der Waals surface area contributed by atoms with E-state index < -0.39 is 53.8 Å². The van der Waals surface area contributed by atoms with Crippen LogP contribution in [0.15, 0.2) is 0 Å². The highest BCUT2D eigenvalue weighted by atomic mass is 32.2. The van der Waals surface area contributed by atoms with Gasteiger partial charge in [-0.15, -0.1) is 0 Å². The van der Waals surface area contributed by atoms with Crippen molar-refractivity contribution in [3.63, 3.8) is 0 Å². The summed E-state index contributed by atoms with van der Waals surface area (Å²) in [5.74, 6) is -1.86. The Kier molecular flexibility index (Phi) is 17.8. The van der Waals surface area contributed by atoms with Gasteiger partial charge in [-0.25, -0.2) is 4.79 Å². The second-order valence-corrected chi connectivity index (χ2v) is 10.4. The van der Waals surface area contributed by atoms with Crippen molar-refractivity contribution in [2.75, 3.05) is 36.0 Å². The van der Waals surface area contributed by atoms with Gasteiger partial charge in [0, 0.05) is 6.42 Å². The summed E-state index contributed by atoms with van der Waals surface area (Å²) in [4.78, 5) is 60.7. The number of carbonyl (C=O) groups excluding carboxylic acids is 4. The summed E-state index contributed by atoms with van der Waals surface area (Å²) >= 11 is 4.52. The van der Waals surface area contributed by atoms with Crippen molar-refractivity contribution in [2.24, 2.45) is 11.5 Å². The monoisotopic (exact) mass is 539 g/mol. The zero-order valence-corrected chi connectivity index (χ0v) is 22.3. The van der Waals surface area contributed by atoms with Crippen LogP contribution in [0.2, 0.25) is 0 Å². The van der Waals surface area contributed by atoms with E-state index in [-0.39, 0.29) is 19.3 Å². The Morgan fingerprint density at radius 2 is 1.12 bits per heavy atom. The Bertz CT molecular complexity index is 685. The fourth-order valence-corrected chi connectivity index (χ4v) is 4.18. The molecule has 0 aliphatic heterocycles. The first-order valence-electron chi connectivity index (χ1n) is 10.7. The Balaban J connectivity index is 5.37. The molecule has 4 unspecified atom stereocenters. The van der Waals surface area contributed by atoms with Crippen LogP contribution in [0.4, 0.5) is 0 Å². The number of hydrogen-bond donors (Lipinski definition) is 6. The Morgan fingerprint density at radius 1 is 0.706 bits per heavy atom. The number of carbonyl (C=O) groups is 5. The standard InChI is InChI=1S/C20H37N5O6S3/c1-32-9-6-12(21)17(27)23-13(7-10-33-2)18(28)24-14(8-11-34-3)19(29)25-15(20(30)31)4-5-16(22)26/h12-15H,4-11,21H2,1-3H3,(H2,22,26)(H,23,27)(H,24,28)(H,25,29)(H,30,31). The summed E-state index contributed by atoms with van der Waals surface area (Å²) in [5.41, 5.74) is 11.0. The SMILES string of the molecule is CSCCC(N)C(=O)NC(CCSC)C(=O)NC(CCSC)C(=O)NC(CCC(N)=O)C(=O)O. The van der Waals surface area contributed by atoms with Gasteiger partial charge in [-0.1, -0.05) is 0 Å². The molecule has 0 aliphatic rings. The van der Waals surface area contributed by atoms with Crippen LogP contribution >= 0.6 is 35.3 Å². The Labute approximate surface area is 213 Å². The van der Waals surface area contributed by atoms with E-state index in [1.807, 2.05) is 18.8 Å². The lowest BCUT2D eigenvalue weighted by molar-refractivity contribution is -0.142. The number of carboxylic acids is 1. The molecule has 0 aromatic heterocycles. The third-order valence-electron chi connectivity index (χ3n) is 4.75. The number of carboxylic acid groups (broad SMARTS) is 1. The Morgan fingerprint density at radius 3 is 1.53 bits per heavy atom. The van der Waals surface area contributed by atoms with Gasteiger partial charge < -0.3 is 32.5 Å². The van der Waals surface area contributed by atoms with E-state index in [9.17, 15) is 29.1 Å². The normalized spacial score (nSPS) is 14.4. The average molecular weight is 540 g/mol. The molecule has 0 aromatic rings. The zero-order valence-electron chi connectivity index (χ0n) is 19.8. The van der Waals surface area contributed by atoms with Gasteiger partial charge in [0.15, 0.2) is 0 Å². The summed E-state index contributed by atoms with van der Waals surface area (Å²) in [6.07, 6.45) is 6.28. The fraction of sp³-hybridized carbons (Fsp3) is 0.750. The first-order chi connectivity index (χ1) is 16.1.